The molecule has 1 aromatic heterocycles. The van der Waals surface area contributed by atoms with E-state index in [0.29, 0.717) is 62.7 Å². The smallest absolute Gasteiger partial charge is 0.257 e. The third-order valence-corrected chi connectivity index (χ3v) is 9.23. The number of hydrogen-bond donors (Lipinski definition) is 0. The number of hydrogen-bond acceptors (Lipinski definition) is 5. The number of nitriles is 1. The van der Waals surface area contributed by atoms with Crippen LogP contribution in [-0.2, 0) is 16.6 Å². The molecule has 0 bridgehead atoms. The number of nitrogens with zero attached hydrogens (tertiary/aromatic N) is 6. The SMILES string of the molecule is CN(C)S(=O)N1CCN(C(=O)c2cnc3ccc(Cl)cc3c2N2CCC(C#N)(c3ccccc3)CC2)CC1. The van der Waals surface area contributed by atoms with E-state index in [2.05, 4.69) is 16.0 Å². The summed E-state index contributed by atoms with van der Waals surface area (Å²) in [4.78, 5) is 22.5. The topological polar surface area (TPSA) is 83.8 Å². The lowest BCUT2D eigenvalue weighted by molar-refractivity contribution is 0.0699. The van der Waals surface area contributed by atoms with Gasteiger partial charge in [-0.05, 0) is 36.6 Å². The van der Waals surface area contributed by atoms with Crippen LogP contribution in [0.2, 0.25) is 5.02 Å². The summed E-state index contributed by atoms with van der Waals surface area (Å²) in [5.41, 5.74) is 2.61. The summed E-state index contributed by atoms with van der Waals surface area (Å²) in [6, 6.07) is 18.1. The van der Waals surface area contributed by atoms with Crippen LogP contribution in [0.15, 0.2) is 54.7 Å². The minimum atomic E-state index is -1.22. The molecule has 0 radical (unpaired) electrons. The highest BCUT2D eigenvalue weighted by molar-refractivity contribution is 7.80. The Morgan fingerprint density at radius 2 is 1.74 bits per heavy atom. The number of aromatic nitrogens is 1. The van der Waals surface area contributed by atoms with Crippen molar-refractivity contribution in [3.63, 3.8) is 0 Å². The van der Waals surface area contributed by atoms with Crippen LogP contribution in [0.25, 0.3) is 10.9 Å². The Hall–Kier alpha value is -3.03. The van der Waals surface area contributed by atoms with E-state index in [-0.39, 0.29) is 5.91 Å². The molecule has 0 spiro atoms. The van der Waals surface area contributed by atoms with Gasteiger partial charge in [0.25, 0.3) is 5.91 Å². The van der Waals surface area contributed by atoms with Gasteiger partial charge < -0.3 is 9.80 Å². The molecule has 198 valence electrons. The van der Waals surface area contributed by atoms with Gasteiger partial charge in [-0.1, -0.05) is 41.9 Å². The predicted molar refractivity (Wildman–Crippen MR) is 151 cm³/mol. The maximum Gasteiger partial charge on any atom is 0.257 e. The highest BCUT2D eigenvalue weighted by Gasteiger charge is 2.38. The van der Waals surface area contributed by atoms with Gasteiger partial charge in [-0.3, -0.25) is 9.78 Å². The maximum absolute atomic E-state index is 13.9. The van der Waals surface area contributed by atoms with Crippen molar-refractivity contribution in [1.29, 1.82) is 5.26 Å². The first kappa shape index (κ1) is 26.6. The second-order valence-electron chi connectivity index (χ2n) is 9.99. The number of amides is 1. The molecular weight excluding hydrogens is 520 g/mol. The number of anilines is 1. The summed E-state index contributed by atoms with van der Waals surface area (Å²) in [6.07, 6.45) is 2.97. The van der Waals surface area contributed by atoms with Crippen molar-refractivity contribution in [3.8, 4) is 6.07 Å². The second kappa shape index (κ2) is 11.0. The van der Waals surface area contributed by atoms with Gasteiger partial charge in [0.15, 0.2) is 11.2 Å². The molecule has 5 rings (SSSR count). The minimum absolute atomic E-state index is 0.0927. The molecule has 2 saturated heterocycles. The van der Waals surface area contributed by atoms with Crippen LogP contribution in [-0.4, -0.2) is 82.0 Å². The number of piperazine rings is 1. The number of rotatable bonds is 5. The fourth-order valence-electron chi connectivity index (χ4n) is 5.43. The lowest BCUT2D eigenvalue weighted by Gasteiger charge is -2.40. The number of benzene rings is 2. The van der Waals surface area contributed by atoms with Crippen LogP contribution >= 0.6 is 11.6 Å². The van der Waals surface area contributed by atoms with Gasteiger partial charge in [0.2, 0.25) is 0 Å². The number of carbonyl (C=O) groups is 1. The largest absolute Gasteiger partial charge is 0.370 e. The van der Waals surface area contributed by atoms with Crippen LogP contribution < -0.4 is 4.90 Å². The van der Waals surface area contributed by atoms with Gasteiger partial charge in [0.05, 0.1) is 28.3 Å². The van der Waals surface area contributed by atoms with Crippen LogP contribution in [0, 0.1) is 11.3 Å². The second-order valence-corrected chi connectivity index (χ2v) is 12.1. The normalized spacial score (nSPS) is 18.9. The molecule has 2 aliphatic rings. The lowest BCUT2D eigenvalue weighted by Crippen LogP contribution is -2.51. The standard InChI is InChI=1S/C28H31ClN6O2S/c1-32(2)38(37)35-16-14-34(15-17-35)27(36)24-19-31-25-9-8-22(29)18-23(25)26(24)33-12-10-28(20-30,11-13-33)21-6-4-3-5-7-21/h3-9,18-19H,10-17H2,1-2H3. The molecule has 0 saturated carbocycles. The molecule has 1 amide bonds. The van der Waals surface area contributed by atoms with Crippen LogP contribution in [0.3, 0.4) is 0 Å². The van der Waals surface area contributed by atoms with E-state index in [9.17, 15) is 14.3 Å². The number of piperidine rings is 1. The maximum atomic E-state index is 13.9. The molecule has 1 atom stereocenters. The summed E-state index contributed by atoms with van der Waals surface area (Å²) in [5, 5.41) is 11.6. The van der Waals surface area contributed by atoms with Gasteiger partial charge in [0.1, 0.15) is 0 Å². The Balaban J connectivity index is 1.45. The third-order valence-electron chi connectivity index (χ3n) is 7.56. The Labute approximate surface area is 231 Å². The molecule has 2 fully saturated rings. The first-order valence-corrected chi connectivity index (χ1v) is 14.2. The molecule has 0 aliphatic carbocycles. The van der Waals surface area contributed by atoms with Gasteiger partial charge in [0, 0.05) is 70.0 Å². The molecule has 0 N–H and O–H groups in total. The fourth-order valence-corrected chi connectivity index (χ4v) is 6.54. The monoisotopic (exact) mass is 550 g/mol. The first-order chi connectivity index (χ1) is 18.3. The zero-order valence-corrected chi connectivity index (χ0v) is 23.2. The summed E-state index contributed by atoms with van der Waals surface area (Å²) in [7, 11) is 3.56. The summed E-state index contributed by atoms with van der Waals surface area (Å²) < 4.78 is 16.0. The van der Waals surface area contributed by atoms with Gasteiger partial charge >= 0.3 is 0 Å². The summed E-state index contributed by atoms with van der Waals surface area (Å²) in [5.74, 6) is -0.0927. The zero-order chi connectivity index (χ0) is 26.9. The van der Waals surface area contributed by atoms with E-state index in [1.54, 1.807) is 30.7 Å². The molecule has 3 heterocycles. The van der Waals surface area contributed by atoms with Crippen molar-refractivity contribution in [2.75, 3.05) is 58.3 Å². The Morgan fingerprint density at radius 1 is 1.05 bits per heavy atom. The Morgan fingerprint density at radius 3 is 2.37 bits per heavy atom. The highest BCUT2D eigenvalue weighted by Crippen LogP contribution is 2.40. The van der Waals surface area contributed by atoms with Crippen LogP contribution in [0.4, 0.5) is 5.69 Å². The Bertz CT molecular complexity index is 1390. The van der Waals surface area contributed by atoms with Crippen molar-refractivity contribution in [2.45, 2.75) is 18.3 Å². The summed E-state index contributed by atoms with van der Waals surface area (Å²) >= 11 is 5.19. The van der Waals surface area contributed by atoms with E-state index < -0.39 is 16.6 Å². The average molecular weight is 551 g/mol. The first-order valence-electron chi connectivity index (χ1n) is 12.8. The highest BCUT2D eigenvalue weighted by atomic mass is 35.5. The van der Waals surface area contributed by atoms with Crippen molar-refractivity contribution < 1.29 is 9.00 Å². The average Bonchev–Trinajstić information content (AvgIpc) is 2.96. The van der Waals surface area contributed by atoms with Crippen molar-refractivity contribution in [3.05, 3.63) is 70.9 Å². The van der Waals surface area contributed by atoms with E-state index in [0.717, 1.165) is 22.2 Å². The molecule has 2 aromatic carbocycles. The molecule has 38 heavy (non-hydrogen) atoms. The number of pyridine rings is 1. The molecule has 1 unspecified atom stereocenters. The van der Waals surface area contributed by atoms with E-state index in [4.69, 9.17) is 11.6 Å². The van der Waals surface area contributed by atoms with Gasteiger partial charge in [-0.25, -0.2) is 12.8 Å². The molecule has 8 nitrogen and oxygen atoms in total. The van der Waals surface area contributed by atoms with Gasteiger partial charge in [-0.15, -0.1) is 0 Å². The van der Waals surface area contributed by atoms with E-state index in [1.807, 2.05) is 51.7 Å². The fraction of sp³-hybridized carbons (Fsp3) is 0.393. The number of fused-ring (bicyclic) bond motifs is 1. The van der Waals surface area contributed by atoms with E-state index >= 15 is 0 Å². The van der Waals surface area contributed by atoms with E-state index in [1.165, 1.54) is 0 Å². The quantitative estimate of drug-likeness (QED) is 0.482. The third kappa shape index (κ3) is 5.02. The van der Waals surface area contributed by atoms with Crippen LogP contribution in [0.5, 0.6) is 0 Å². The van der Waals surface area contributed by atoms with Crippen LogP contribution in [0.1, 0.15) is 28.8 Å². The molecule has 10 heteroatoms. The lowest BCUT2D eigenvalue weighted by atomic mass is 9.74. The number of carbonyl (C=O) groups excluding carboxylic acids is 1. The Kier molecular flexibility index (Phi) is 7.68. The van der Waals surface area contributed by atoms with Gasteiger partial charge in [-0.2, -0.15) is 5.26 Å². The molecule has 2 aliphatic heterocycles. The molecular formula is C28H31ClN6O2S. The van der Waals surface area contributed by atoms with Crippen molar-refractivity contribution in [1.82, 2.24) is 18.5 Å². The summed E-state index contributed by atoms with van der Waals surface area (Å²) in [6.45, 7) is 3.29. The molecule has 3 aromatic rings. The number of halogens is 1. The zero-order valence-electron chi connectivity index (χ0n) is 21.6. The van der Waals surface area contributed by atoms with Crippen molar-refractivity contribution in [2.24, 2.45) is 0 Å². The van der Waals surface area contributed by atoms with Crippen molar-refractivity contribution >= 4 is 45.3 Å². The minimum Gasteiger partial charge on any atom is -0.370 e. The predicted octanol–water partition coefficient (Wildman–Crippen LogP) is 3.85.